The minimum Gasteiger partial charge on any atom is -0.393 e. The first-order valence-electron chi connectivity index (χ1n) is 15.9. The predicted octanol–water partition coefficient (Wildman–Crippen LogP) is 5.84. The fourth-order valence-corrected chi connectivity index (χ4v) is 9.91. The zero-order valence-electron chi connectivity index (χ0n) is 24.3. The van der Waals surface area contributed by atoms with Crippen molar-refractivity contribution in [1.82, 2.24) is 5.32 Å². The maximum atomic E-state index is 12.5. The van der Waals surface area contributed by atoms with Crippen molar-refractivity contribution in [2.45, 2.75) is 142 Å². The van der Waals surface area contributed by atoms with Crippen LogP contribution in [-0.2, 0) is 4.79 Å². The third-order valence-electron chi connectivity index (χ3n) is 12.2. The van der Waals surface area contributed by atoms with Crippen LogP contribution in [0.4, 0.5) is 0 Å². The summed E-state index contributed by atoms with van der Waals surface area (Å²) < 4.78 is 0. The average molecular weight is 520 g/mol. The fraction of sp³-hybridized carbons (Fsp3) is 0.969. The molecule has 0 saturated heterocycles. The van der Waals surface area contributed by atoms with Crippen molar-refractivity contribution in [3.8, 4) is 0 Å². The fourth-order valence-electron chi connectivity index (χ4n) is 9.91. The number of unbranched alkanes of at least 4 members (excludes halogenated alkanes) is 5. The number of fused-ring (bicyclic) bond motifs is 5. The van der Waals surface area contributed by atoms with Crippen LogP contribution in [0.25, 0.3) is 0 Å². The summed E-state index contributed by atoms with van der Waals surface area (Å²) in [4.78, 5) is 12.5. The molecule has 0 heterocycles. The van der Waals surface area contributed by atoms with Crippen LogP contribution in [0.3, 0.4) is 0 Å². The van der Waals surface area contributed by atoms with Gasteiger partial charge in [-0.3, -0.25) is 4.79 Å². The molecule has 4 saturated carbocycles. The molecule has 3 unspecified atom stereocenters. The molecule has 1 amide bonds. The number of rotatable bonds is 11. The van der Waals surface area contributed by atoms with Crippen molar-refractivity contribution >= 4 is 5.91 Å². The Morgan fingerprint density at radius 2 is 1.68 bits per heavy atom. The van der Waals surface area contributed by atoms with Crippen LogP contribution < -0.4 is 5.32 Å². The zero-order valence-corrected chi connectivity index (χ0v) is 24.3. The van der Waals surface area contributed by atoms with Crippen molar-refractivity contribution in [2.75, 3.05) is 6.54 Å². The maximum absolute atomic E-state index is 12.5. The summed E-state index contributed by atoms with van der Waals surface area (Å²) in [5, 5.41) is 36.6. The summed E-state index contributed by atoms with van der Waals surface area (Å²) in [6, 6.07) is 0. The van der Waals surface area contributed by atoms with Crippen molar-refractivity contribution < 1.29 is 20.1 Å². The molecule has 0 aliphatic heterocycles. The average Bonchev–Trinajstić information content (AvgIpc) is 3.22. The molecule has 37 heavy (non-hydrogen) atoms. The molecule has 0 aromatic carbocycles. The van der Waals surface area contributed by atoms with Crippen molar-refractivity contribution in [3.05, 3.63) is 0 Å². The first kappa shape index (κ1) is 29.3. The van der Waals surface area contributed by atoms with Crippen LogP contribution in [0.1, 0.15) is 124 Å². The molecular weight excluding hydrogens is 462 g/mol. The van der Waals surface area contributed by atoms with Crippen LogP contribution >= 0.6 is 0 Å². The van der Waals surface area contributed by atoms with Gasteiger partial charge in [0.25, 0.3) is 0 Å². The number of carbonyl (C=O) groups excluding carboxylic acids is 1. The van der Waals surface area contributed by atoms with Gasteiger partial charge in [0.1, 0.15) is 0 Å². The largest absolute Gasteiger partial charge is 0.393 e. The van der Waals surface area contributed by atoms with Crippen LogP contribution in [0.15, 0.2) is 0 Å². The van der Waals surface area contributed by atoms with Crippen LogP contribution in [0, 0.1) is 46.3 Å². The second-order valence-electron chi connectivity index (χ2n) is 14.2. The van der Waals surface area contributed by atoms with E-state index in [-0.39, 0.29) is 41.0 Å². The third-order valence-corrected chi connectivity index (χ3v) is 12.2. The molecule has 4 N–H and O–H groups in total. The van der Waals surface area contributed by atoms with Crippen LogP contribution in [-0.4, -0.2) is 46.1 Å². The van der Waals surface area contributed by atoms with E-state index < -0.39 is 0 Å². The van der Waals surface area contributed by atoms with Crippen molar-refractivity contribution in [1.29, 1.82) is 0 Å². The zero-order chi connectivity index (χ0) is 26.8. The highest BCUT2D eigenvalue weighted by molar-refractivity contribution is 5.75. The number of aliphatic hydroxyl groups excluding tert-OH is 3. The van der Waals surface area contributed by atoms with Gasteiger partial charge in [-0.1, -0.05) is 59.8 Å². The van der Waals surface area contributed by atoms with E-state index >= 15 is 0 Å². The first-order chi connectivity index (χ1) is 17.6. The van der Waals surface area contributed by atoms with Gasteiger partial charge in [0, 0.05) is 13.0 Å². The van der Waals surface area contributed by atoms with E-state index in [1.54, 1.807) is 0 Å². The molecule has 5 nitrogen and oxygen atoms in total. The highest BCUT2D eigenvalue weighted by Gasteiger charge is 2.65. The van der Waals surface area contributed by atoms with E-state index in [0.29, 0.717) is 36.0 Å². The minimum atomic E-state index is -0.357. The van der Waals surface area contributed by atoms with Gasteiger partial charge >= 0.3 is 0 Å². The number of hydrogen-bond acceptors (Lipinski definition) is 4. The topological polar surface area (TPSA) is 89.8 Å². The third kappa shape index (κ3) is 5.80. The Bertz CT molecular complexity index is 759. The first-order valence-corrected chi connectivity index (χ1v) is 15.9. The molecule has 11 atom stereocenters. The summed E-state index contributed by atoms with van der Waals surface area (Å²) >= 11 is 0. The highest BCUT2D eigenvalue weighted by Crippen LogP contribution is 2.68. The lowest BCUT2D eigenvalue weighted by molar-refractivity contribution is -0.207. The molecule has 0 bridgehead atoms. The molecule has 0 spiro atoms. The number of aliphatic hydroxyl groups is 3. The van der Waals surface area contributed by atoms with Crippen molar-refractivity contribution in [3.63, 3.8) is 0 Å². The van der Waals surface area contributed by atoms with Crippen molar-refractivity contribution in [2.24, 2.45) is 46.3 Å². The predicted molar refractivity (Wildman–Crippen MR) is 149 cm³/mol. The van der Waals surface area contributed by atoms with Gasteiger partial charge in [0.2, 0.25) is 5.91 Å². The number of carbonyl (C=O) groups is 1. The molecule has 4 rings (SSSR count). The minimum absolute atomic E-state index is 0.114. The van der Waals surface area contributed by atoms with E-state index in [2.05, 4.69) is 33.0 Å². The molecular formula is C32H57NO4. The van der Waals surface area contributed by atoms with Gasteiger partial charge in [-0.25, -0.2) is 0 Å². The quantitative estimate of drug-likeness (QED) is 0.258. The summed E-state index contributed by atoms with van der Waals surface area (Å²) in [6.45, 7) is 10.0. The molecule has 0 aromatic heterocycles. The monoisotopic (exact) mass is 519 g/mol. The Labute approximate surface area is 226 Å². The second kappa shape index (κ2) is 12.3. The summed E-state index contributed by atoms with van der Waals surface area (Å²) in [6.07, 6.45) is 14.3. The van der Waals surface area contributed by atoms with E-state index in [0.717, 1.165) is 64.3 Å². The molecule has 5 heteroatoms. The highest BCUT2D eigenvalue weighted by atomic mass is 16.3. The molecule has 4 fully saturated rings. The lowest BCUT2D eigenvalue weighted by Gasteiger charge is -2.63. The molecule has 4 aliphatic rings. The molecule has 0 aromatic rings. The Morgan fingerprint density at radius 1 is 0.946 bits per heavy atom. The Kier molecular flexibility index (Phi) is 9.71. The molecule has 214 valence electrons. The molecule has 4 aliphatic carbocycles. The van der Waals surface area contributed by atoms with Crippen LogP contribution in [0.5, 0.6) is 0 Å². The Morgan fingerprint density at radius 3 is 2.43 bits per heavy atom. The van der Waals surface area contributed by atoms with Gasteiger partial charge in [-0.15, -0.1) is 0 Å². The van der Waals surface area contributed by atoms with E-state index in [4.69, 9.17) is 0 Å². The van der Waals surface area contributed by atoms with E-state index in [9.17, 15) is 20.1 Å². The summed E-state index contributed by atoms with van der Waals surface area (Å²) in [7, 11) is 0. The number of hydrogen-bond donors (Lipinski definition) is 4. The van der Waals surface area contributed by atoms with E-state index in [1.807, 2.05) is 0 Å². The van der Waals surface area contributed by atoms with Gasteiger partial charge in [-0.2, -0.15) is 0 Å². The van der Waals surface area contributed by atoms with Gasteiger partial charge < -0.3 is 20.6 Å². The van der Waals surface area contributed by atoms with Gasteiger partial charge in [0.05, 0.1) is 18.3 Å². The lowest BCUT2D eigenvalue weighted by Crippen LogP contribution is -2.62. The van der Waals surface area contributed by atoms with Crippen LogP contribution in [0.2, 0.25) is 0 Å². The number of nitrogens with one attached hydrogen (secondary N) is 1. The Balaban J connectivity index is 1.33. The second-order valence-corrected chi connectivity index (χ2v) is 14.2. The molecule has 0 radical (unpaired) electrons. The summed E-state index contributed by atoms with van der Waals surface area (Å²) in [5.41, 5.74) is -0.0723. The van der Waals surface area contributed by atoms with Gasteiger partial charge in [0.15, 0.2) is 0 Å². The maximum Gasteiger partial charge on any atom is 0.220 e. The normalized spacial score (nSPS) is 44.0. The Hall–Kier alpha value is -0.650. The standard InChI is InChI=1S/C32H57NO4/c1-5-6-7-8-9-10-17-33-29(37)14-11-21(2)24-12-13-25-30-26(20-28(36)32(24,25)4)31(3)16-15-23(34)18-22(31)19-27(30)35/h21-28,30,34-36H,5-20H2,1-4H3,(H,33,37)/t21?,22-,23+,24+,25-,26-,27?,28-,30?,31-,32+/m0/s1. The van der Waals surface area contributed by atoms with Gasteiger partial charge in [-0.05, 0) is 104 Å². The van der Waals surface area contributed by atoms with E-state index in [1.165, 1.54) is 32.1 Å². The SMILES string of the molecule is CCCCCCCCNC(=O)CCC(C)[C@H]1CC[C@H]2C3C(O)C[C@@H]4C[C@H](O)CC[C@]4(C)[C@H]3C[C@H](O)[C@]12C. The number of amides is 1. The summed E-state index contributed by atoms with van der Waals surface area (Å²) in [5.74, 6) is 2.24. The lowest BCUT2D eigenvalue weighted by atomic mass is 9.43. The smallest absolute Gasteiger partial charge is 0.220 e.